The minimum atomic E-state index is -0.480. The number of nitrogens with one attached hydrogen (secondary N) is 1. The maximum Gasteiger partial charge on any atom is 0.272 e. The minimum Gasteiger partial charge on any atom is -0.367 e. The van der Waals surface area contributed by atoms with E-state index < -0.39 is 4.92 Å². The quantitative estimate of drug-likeness (QED) is 0.500. The number of hydrogen-bond acceptors (Lipinski definition) is 5. The molecular formula is C22H22FN5O3. The van der Waals surface area contributed by atoms with E-state index >= 15 is 0 Å². The third-order valence-corrected chi connectivity index (χ3v) is 5.33. The van der Waals surface area contributed by atoms with Crippen molar-refractivity contribution in [3.8, 4) is 5.69 Å². The van der Waals surface area contributed by atoms with Crippen LogP contribution in [0.1, 0.15) is 28.9 Å². The molecule has 0 spiro atoms. The van der Waals surface area contributed by atoms with Crippen LogP contribution < -0.4 is 10.2 Å². The van der Waals surface area contributed by atoms with Crippen LogP contribution in [0.2, 0.25) is 0 Å². The van der Waals surface area contributed by atoms with E-state index in [-0.39, 0.29) is 29.1 Å². The predicted molar refractivity (Wildman–Crippen MR) is 114 cm³/mol. The van der Waals surface area contributed by atoms with Crippen LogP contribution in [0.5, 0.6) is 0 Å². The lowest BCUT2D eigenvalue weighted by atomic mass is 10.0. The highest BCUT2D eigenvalue weighted by atomic mass is 19.1. The van der Waals surface area contributed by atoms with E-state index in [2.05, 4.69) is 10.4 Å². The Bertz CT molecular complexity index is 1130. The zero-order valence-electron chi connectivity index (χ0n) is 17.0. The maximum atomic E-state index is 14.3. The summed E-state index contributed by atoms with van der Waals surface area (Å²) in [4.78, 5) is 25.2. The molecule has 0 radical (unpaired) electrons. The molecule has 1 fully saturated rings. The Balaban J connectivity index is 1.44. The molecule has 1 atom stereocenters. The van der Waals surface area contributed by atoms with Crippen molar-refractivity contribution in [3.63, 3.8) is 0 Å². The molecule has 9 heteroatoms. The number of amides is 1. The van der Waals surface area contributed by atoms with Crippen LogP contribution in [-0.4, -0.2) is 39.7 Å². The Morgan fingerprint density at radius 1 is 1.26 bits per heavy atom. The van der Waals surface area contributed by atoms with Gasteiger partial charge in [0.15, 0.2) is 5.69 Å². The minimum absolute atomic E-state index is 0.0512. The molecule has 1 amide bonds. The van der Waals surface area contributed by atoms with E-state index in [1.807, 2.05) is 17.9 Å². The molecule has 1 aliphatic heterocycles. The summed E-state index contributed by atoms with van der Waals surface area (Å²) in [5.41, 5.74) is 2.19. The van der Waals surface area contributed by atoms with Gasteiger partial charge < -0.3 is 10.2 Å². The van der Waals surface area contributed by atoms with Gasteiger partial charge in [0, 0.05) is 37.5 Å². The molecule has 2 aromatic carbocycles. The summed E-state index contributed by atoms with van der Waals surface area (Å²) in [6.45, 7) is 3.16. The standard InChI is InChI=1S/C22H22FN5O3/c1-15-7-8-19(23)21(12-15)26-10-3-4-16(14-26)24-22(29)20-9-11-27(25-20)17-5-2-6-18(13-17)28(30)31/h2,5-9,11-13,16H,3-4,10,14H2,1H3,(H,24,29). The van der Waals surface area contributed by atoms with Gasteiger partial charge in [0.2, 0.25) is 0 Å². The van der Waals surface area contributed by atoms with Crippen LogP contribution >= 0.6 is 0 Å². The summed E-state index contributed by atoms with van der Waals surface area (Å²) in [5, 5.41) is 18.2. The van der Waals surface area contributed by atoms with Crippen molar-refractivity contribution in [2.45, 2.75) is 25.8 Å². The van der Waals surface area contributed by atoms with Gasteiger partial charge in [0.05, 0.1) is 16.3 Å². The fraction of sp³-hybridized carbons (Fsp3) is 0.273. The molecule has 1 aromatic heterocycles. The number of nitro groups is 1. The normalized spacial score (nSPS) is 16.2. The zero-order valence-corrected chi connectivity index (χ0v) is 17.0. The molecular weight excluding hydrogens is 401 g/mol. The molecule has 1 unspecified atom stereocenters. The van der Waals surface area contributed by atoms with Crippen LogP contribution in [0.15, 0.2) is 54.7 Å². The fourth-order valence-electron chi connectivity index (χ4n) is 3.78. The molecule has 0 aliphatic carbocycles. The summed E-state index contributed by atoms with van der Waals surface area (Å²) in [5.74, 6) is -0.603. The molecule has 3 aromatic rings. The molecule has 1 aliphatic rings. The van der Waals surface area contributed by atoms with Gasteiger partial charge in [-0.3, -0.25) is 14.9 Å². The van der Waals surface area contributed by atoms with Gasteiger partial charge in [-0.05, 0) is 49.6 Å². The monoisotopic (exact) mass is 423 g/mol. The van der Waals surface area contributed by atoms with Gasteiger partial charge >= 0.3 is 0 Å². The third-order valence-electron chi connectivity index (χ3n) is 5.33. The van der Waals surface area contributed by atoms with Gasteiger partial charge in [-0.25, -0.2) is 9.07 Å². The van der Waals surface area contributed by atoms with Crippen molar-refractivity contribution in [3.05, 3.63) is 81.9 Å². The van der Waals surface area contributed by atoms with E-state index in [1.54, 1.807) is 30.5 Å². The van der Waals surface area contributed by atoms with Crippen LogP contribution in [0.25, 0.3) is 5.69 Å². The lowest BCUT2D eigenvalue weighted by Crippen LogP contribution is -2.48. The highest BCUT2D eigenvalue weighted by Gasteiger charge is 2.24. The number of nitro benzene ring substituents is 1. The van der Waals surface area contributed by atoms with E-state index in [1.165, 1.54) is 22.9 Å². The first kappa shape index (κ1) is 20.5. The Labute approximate surface area is 178 Å². The summed E-state index contributed by atoms with van der Waals surface area (Å²) < 4.78 is 15.7. The fourth-order valence-corrected chi connectivity index (χ4v) is 3.78. The van der Waals surface area contributed by atoms with Crippen molar-refractivity contribution in [1.29, 1.82) is 0 Å². The first-order valence-corrected chi connectivity index (χ1v) is 10.0. The largest absolute Gasteiger partial charge is 0.367 e. The van der Waals surface area contributed by atoms with Crippen molar-refractivity contribution in [1.82, 2.24) is 15.1 Å². The predicted octanol–water partition coefficient (Wildman–Crippen LogP) is 3.63. The molecule has 160 valence electrons. The van der Waals surface area contributed by atoms with Crippen LogP contribution in [0.3, 0.4) is 0 Å². The second kappa shape index (κ2) is 8.55. The van der Waals surface area contributed by atoms with Gasteiger partial charge in [0.25, 0.3) is 11.6 Å². The molecule has 0 bridgehead atoms. The average molecular weight is 423 g/mol. The summed E-state index contributed by atoms with van der Waals surface area (Å²) in [6.07, 6.45) is 3.21. The number of carbonyl (C=O) groups excluding carboxylic acids is 1. The van der Waals surface area contributed by atoms with Gasteiger partial charge in [-0.1, -0.05) is 12.1 Å². The van der Waals surface area contributed by atoms with Gasteiger partial charge in [-0.2, -0.15) is 5.10 Å². The lowest BCUT2D eigenvalue weighted by molar-refractivity contribution is -0.384. The molecule has 4 rings (SSSR count). The summed E-state index contributed by atoms with van der Waals surface area (Å²) >= 11 is 0. The molecule has 2 heterocycles. The second-order valence-corrected chi connectivity index (χ2v) is 7.64. The van der Waals surface area contributed by atoms with E-state index in [0.717, 1.165) is 24.9 Å². The Kier molecular flexibility index (Phi) is 5.66. The van der Waals surface area contributed by atoms with Crippen LogP contribution in [0.4, 0.5) is 15.8 Å². The van der Waals surface area contributed by atoms with Crippen molar-refractivity contribution in [2.24, 2.45) is 0 Å². The van der Waals surface area contributed by atoms with Crippen molar-refractivity contribution in [2.75, 3.05) is 18.0 Å². The highest BCUT2D eigenvalue weighted by Crippen LogP contribution is 2.24. The maximum absolute atomic E-state index is 14.3. The number of benzene rings is 2. The molecule has 0 saturated carbocycles. The van der Waals surface area contributed by atoms with Gasteiger partial charge in [-0.15, -0.1) is 0 Å². The number of aryl methyl sites for hydroxylation is 1. The number of aromatic nitrogens is 2. The highest BCUT2D eigenvalue weighted by molar-refractivity contribution is 5.92. The first-order chi connectivity index (χ1) is 14.9. The molecule has 31 heavy (non-hydrogen) atoms. The Morgan fingerprint density at radius 3 is 2.90 bits per heavy atom. The van der Waals surface area contributed by atoms with Crippen molar-refractivity contribution < 1.29 is 14.1 Å². The van der Waals surface area contributed by atoms with Crippen molar-refractivity contribution >= 4 is 17.3 Å². The summed E-state index contributed by atoms with van der Waals surface area (Å²) in [7, 11) is 0. The number of carbonyl (C=O) groups is 1. The second-order valence-electron chi connectivity index (χ2n) is 7.64. The first-order valence-electron chi connectivity index (χ1n) is 10.0. The lowest BCUT2D eigenvalue weighted by Gasteiger charge is -2.35. The smallest absolute Gasteiger partial charge is 0.272 e. The number of rotatable bonds is 5. The number of piperidine rings is 1. The average Bonchev–Trinajstić information content (AvgIpc) is 3.26. The van der Waals surface area contributed by atoms with E-state index in [0.29, 0.717) is 17.9 Å². The number of nitrogens with zero attached hydrogens (tertiary/aromatic N) is 4. The van der Waals surface area contributed by atoms with E-state index in [9.17, 15) is 19.3 Å². The zero-order chi connectivity index (χ0) is 22.0. The molecule has 1 N–H and O–H groups in total. The van der Waals surface area contributed by atoms with Gasteiger partial charge in [0.1, 0.15) is 5.82 Å². The van der Waals surface area contributed by atoms with Crippen LogP contribution in [0, 0.1) is 22.9 Å². The third kappa shape index (κ3) is 4.55. The topological polar surface area (TPSA) is 93.3 Å². The number of hydrogen-bond donors (Lipinski definition) is 1. The molecule has 8 nitrogen and oxygen atoms in total. The number of anilines is 1. The Hall–Kier alpha value is -3.75. The Morgan fingerprint density at radius 2 is 2.10 bits per heavy atom. The SMILES string of the molecule is Cc1ccc(F)c(N2CCCC(NC(=O)c3ccn(-c4cccc([N+](=O)[O-])c4)n3)C2)c1. The van der Waals surface area contributed by atoms with E-state index in [4.69, 9.17) is 0 Å². The van der Waals surface area contributed by atoms with Crippen LogP contribution in [-0.2, 0) is 0 Å². The number of non-ortho nitro benzene ring substituents is 1. The molecule has 1 saturated heterocycles. The number of halogens is 1. The summed E-state index contributed by atoms with van der Waals surface area (Å²) in [6, 6.07) is 12.5.